The Hall–Kier alpha value is -1.29. The zero-order valence-electron chi connectivity index (χ0n) is 9.87. The van der Waals surface area contributed by atoms with Crippen molar-refractivity contribution in [2.45, 2.75) is 13.8 Å². The highest BCUT2D eigenvalue weighted by atomic mass is 79.9. The van der Waals surface area contributed by atoms with Gasteiger partial charge in [0.05, 0.1) is 0 Å². The number of fused-ring (bicyclic) bond motifs is 1. The van der Waals surface area contributed by atoms with E-state index in [0.29, 0.717) is 18.8 Å². The maximum Gasteiger partial charge on any atom is 0.289 e. The van der Waals surface area contributed by atoms with Gasteiger partial charge in [0.1, 0.15) is 5.58 Å². The molecule has 90 valence electrons. The Morgan fingerprint density at radius 3 is 2.65 bits per heavy atom. The zero-order valence-corrected chi connectivity index (χ0v) is 11.5. The lowest BCUT2D eigenvalue weighted by Gasteiger charge is -2.16. The Bertz CT molecular complexity index is 543. The Morgan fingerprint density at radius 1 is 1.35 bits per heavy atom. The molecule has 0 radical (unpaired) electrons. The number of carbonyl (C=O) groups is 1. The lowest BCUT2D eigenvalue weighted by Crippen LogP contribution is -2.30. The number of halogens is 1. The van der Waals surface area contributed by atoms with E-state index in [1.165, 1.54) is 0 Å². The van der Waals surface area contributed by atoms with Crippen molar-refractivity contribution in [1.29, 1.82) is 0 Å². The van der Waals surface area contributed by atoms with Gasteiger partial charge in [-0.25, -0.2) is 0 Å². The van der Waals surface area contributed by atoms with Crippen molar-refractivity contribution in [3.05, 3.63) is 34.5 Å². The van der Waals surface area contributed by atoms with E-state index < -0.39 is 0 Å². The fourth-order valence-electron chi connectivity index (χ4n) is 1.80. The van der Waals surface area contributed by atoms with Crippen molar-refractivity contribution in [3.8, 4) is 0 Å². The summed E-state index contributed by atoms with van der Waals surface area (Å²) >= 11 is 3.45. The number of hydrogen-bond acceptors (Lipinski definition) is 2. The molecule has 0 aliphatic rings. The fourth-order valence-corrected chi connectivity index (χ4v) is 2.26. The molecule has 0 saturated heterocycles. The second-order valence-corrected chi connectivity index (χ2v) is 4.59. The van der Waals surface area contributed by atoms with E-state index in [2.05, 4.69) is 15.9 Å². The molecule has 1 aromatic heterocycles. The molecule has 3 nitrogen and oxygen atoms in total. The van der Waals surface area contributed by atoms with Crippen LogP contribution in [0.15, 0.2) is 33.2 Å². The highest BCUT2D eigenvalue weighted by Gasteiger charge is 2.17. The van der Waals surface area contributed by atoms with Gasteiger partial charge in [0.25, 0.3) is 5.91 Å². The molecule has 2 aromatic rings. The average molecular weight is 296 g/mol. The monoisotopic (exact) mass is 295 g/mol. The van der Waals surface area contributed by atoms with Gasteiger partial charge in [0.15, 0.2) is 5.76 Å². The molecule has 4 heteroatoms. The number of rotatable bonds is 3. The van der Waals surface area contributed by atoms with Gasteiger partial charge in [-0.05, 0) is 32.0 Å². The van der Waals surface area contributed by atoms with Gasteiger partial charge in [0, 0.05) is 22.9 Å². The summed E-state index contributed by atoms with van der Waals surface area (Å²) in [4.78, 5) is 13.8. The second kappa shape index (κ2) is 4.92. The Kier molecular flexibility index (Phi) is 3.52. The van der Waals surface area contributed by atoms with Crippen LogP contribution in [0.2, 0.25) is 0 Å². The van der Waals surface area contributed by atoms with Crippen LogP contribution in [-0.4, -0.2) is 23.9 Å². The summed E-state index contributed by atoms with van der Waals surface area (Å²) in [5.41, 5.74) is 0.731. The van der Waals surface area contributed by atoms with Crippen molar-refractivity contribution < 1.29 is 9.21 Å². The Morgan fingerprint density at radius 2 is 2.06 bits per heavy atom. The first kappa shape index (κ1) is 12.2. The molecular formula is C13H14BrNO2. The highest BCUT2D eigenvalue weighted by Crippen LogP contribution is 2.27. The third kappa shape index (κ3) is 2.22. The van der Waals surface area contributed by atoms with Crippen LogP contribution >= 0.6 is 15.9 Å². The number of hydrogen-bond donors (Lipinski definition) is 0. The maximum absolute atomic E-state index is 12.1. The van der Waals surface area contributed by atoms with E-state index >= 15 is 0 Å². The van der Waals surface area contributed by atoms with Gasteiger partial charge < -0.3 is 9.32 Å². The third-order valence-electron chi connectivity index (χ3n) is 2.77. The molecule has 1 amide bonds. The third-order valence-corrected chi connectivity index (χ3v) is 3.46. The summed E-state index contributed by atoms with van der Waals surface area (Å²) in [6.45, 7) is 5.29. The summed E-state index contributed by atoms with van der Waals surface area (Å²) in [5, 5.41) is 0.933. The first-order valence-electron chi connectivity index (χ1n) is 5.64. The van der Waals surface area contributed by atoms with Crippen LogP contribution in [0.5, 0.6) is 0 Å². The number of nitrogens with zero attached hydrogens (tertiary/aromatic N) is 1. The van der Waals surface area contributed by atoms with Crippen molar-refractivity contribution >= 4 is 32.8 Å². The van der Waals surface area contributed by atoms with E-state index in [4.69, 9.17) is 4.42 Å². The summed E-state index contributed by atoms with van der Waals surface area (Å²) in [6.07, 6.45) is 0. The first-order valence-corrected chi connectivity index (χ1v) is 6.44. The van der Waals surface area contributed by atoms with Crippen LogP contribution < -0.4 is 0 Å². The van der Waals surface area contributed by atoms with Crippen LogP contribution in [0.3, 0.4) is 0 Å². The summed E-state index contributed by atoms with van der Waals surface area (Å²) < 4.78 is 6.52. The Balaban J connectivity index is 2.43. The molecule has 17 heavy (non-hydrogen) atoms. The second-order valence-electron chi connectivity index (χ2n) is 3.74. The van der Waals surface area contributed by atoms with E-state index in [0.717, 1.165) is 15.4 Å². The van der Waals surface area contributed by atoms with E-state index in [9.17, 15) is 4.79 Å². The van der Waals surface area contributed by atoms with Gasteiger partial charge in [-0.15, -0.1) is 0 Å². The predicted octanol–water partition coefficient (Wildman–Crippen LogP) is 3.68. The standard InChI is InChI=1S/C13H14BrNO2/c1-3-15(4-2)13(16)12-8-9-10(14)6-5-7-11(9)17-12/h5-8H,3-4H2,1-2H3. The average Bonchev–Trinajstić information content (AvgIpc) is 2.76. The number of amides is 1. The molecule has 0 atom stereocenters. The van der Waals surface area contributed by atoms with Crippen LogP contribution in [0.25, 0.3) is 11.0 Å². The lowest BCUT2D eigenvalue weighted by atomic mass is 10.2. The smallest absolute Gasteiger partial charge is 0.289 e. The quantitative estimate of drug-likeness (QED) is 0.865. The maximum atomic E-state index is 12.1. The molecule has 0 N–H and O–H groups in total. The number of furan rings is 1. The van der Waals surface area contributed by atoms with Crippen LogP contribution in [0.4, 0.5) is 0 Å². The Labute approximate surface area is 109 Å². The molecule has 0 unspecified atom stereocenters. The van der Waals surface area contributed by atoms with Gasteiger partial charge in [-0.2, -0.15) is 0 Å². The van der Waals surface area contributed by atoms with Crippen LogP contribution in [0.1, 0.15) is 24.4 Å². The number of benzene rings is 1. The molecule has 2 rings (SSSR count). The minimum Gasteiger partial charge on any atom is -0.451 e. The molecule has 0 fully saturated rings. The first-order chi connectivity index (χ1) is 8.17. The zero-order chi connectivity index (χ0) is 12.4. The molecule has 0 aliphatic heterocycles. The molecule has 0 bridgehead atoms. The van der Waals surface area contributed by atoms with E-state index in [-0.39, 0.29) is 5.91 Å². The van der Waals surface area contributed by atoms with E-state index in [1.807, 2.05) is 32.0 Å². The summed E-state index contributed by atoms with van der Waals surface area (Å²) in [7, 11) is 0. The number of carbonyl (C=O) groups excluding carboxylic acids is 1. The lowest BCUT2D eigenvalue weighted by molar-refractivity contribution is 0.0743. The normalized spacial score (nSPS) is 10.8. The molecular weight excluding hydrogens is 282 g/mol. The largest absolute Gasteiger partial charge is 0.451 e. The van der Waals surface area contributed by atoms with Crippen molar-refractivity contribution in [3.63, 3.8) is 0 Å². The summed E-state index contributed by atoms with van der Waals surface area (Å²) in [5.74, 6) is 0.341. The van der Waals surface area contributed by atoms with Gasteiger partial charge in [-0.1, -0.05) is 22.0 Å². The van der Waals surface area contributed by atoms with Gasteiger partial charge >= 0.3 is 0 Å². The molecule has 0 aliphatic carbocycles. The summed E-state index contributed by atoms with van der Waals surface area (Å²) in [6, 6.07) is 7.48. The highest BCUT2D eigenvalue weighted by molar-refractivity contribution is 9.10. The van der Waals surface area contributed by atoms with Crippen molar-refractivity contribution in [1.82, 2.24) is 4.90 Å². The van der Waals surface area contributed by atoms with Crippen LogP contribution in [-0.2, 0) is 0 Å². The molecule has 1 heterocycles. The molecule has 0 saturated carbocycles. The SMILES string of the molecule is CCN(CC)C(=O)c1cc2c(Br)cccc2o1. The van der Waals surface area contributed by atoms with Crippen molar-refractivity contribution in [2.75, 3.05) is 13.1 Å². The van der Waals surface area contributed by atoms with Gasteiger partial charge in [-0.3, -0.25) is 4.79 Å². The minimum atomic E-state index is -0.0573. The predicted molar refractivity (Wildman–Crippen MR) is 71.2 cm³/mol. The van der Waals surface area contributed by atoms with E-state index in [1.54, 1.807) is 11.0 Å². The minimum absolute atomic E-state index is 0.0573. The van der Waals surface area contributed by atoms with Crippen molar-refractivity contribution in [2.24, 2.45) is 0 Å². The molecule has 1 aromatic carbocycles. The van der Waals surface area contributed by atoms with Gasteiger partial charge in [0.2, 0.25) is 0 Å². The molecule has 0 spiro atoms. The van der Waals surface area contributed by atoms with Crippen LogP contribution in [0, 0.1) is 0 Å². The fraction of sp³-hybridized carbons (Fsp3) is 0.308. The topological polar surface area (TPSA) is 33.5 Å².